The zero-order chi connectivity index (χ0) is 12.0. The lowest BCUT2D eigenvalue weighted by Gasteiger charge is -2.12. The average molecular weight is 217 g/mol. The third-order valence-corrected chi connectivity index (χ3v) is 3.39. The Labute approximate surface area is 101 Å². The summed E-state index contributed by atoms with van der Waals surface area (Å²) in [5.74, 6) is 1.34. The monoisotopic (exact) mass is 217 g/mol. The molecule has 1 aliphatic rings. The van der Waals surface area contributed by atoms with Gasteiger partial charge < -0.3 is 0 Å². The topological polar surface area (TPSA) is 0 Å². The van der Waals surface area contributed by atoms with Crippen LogP contribution < -0.4 is 0 Å². The maximum absolute atomic E-state index is 3.39. The minimum Gasteiger partial charge on any atom is -0.0654 e. The molecule has 88 valence electrons. The van der Waals surface area contributed by atoms with Crippen LogP contribution in [0.4, 0.5) is 0 Å². The highest BCUT2D eigenvalue weighted by atomic mass is 14.2. The SMILES string of the molecule is CCCC(C)C1=[C+]C=CC(C(C)CCC)=C1. The van der Waals surface area contributed by atoms with E-state index in [9.17, 15) is 0 Å². The second kappa shape index (κ2) is 6.66. The molecule has 2 unspecified atom stereocenters. The Morgan fingerprint density at radius 2 is 1.69 bits per heavy atom. The zero-order valence-corrected chi connectivity index (χ0v) is 11.2. The molecule has 0 saturated carbocycles. The van der Waals surface area contributed by atoms with Crippen molar-refractivity contribution in [2.45, 2.75) is 53.4 Å². The van der Waals surface area contributed by atoms with Crippen molar-refractivity contribution < 1.29 is 0 Å². The van der Waals surface area contributed by atoms with Crippen LogP contribution in [0, 0.1) is 17.9 Å². The van der Waals surface area contributed by atoms with Crippen molar-refractivity contribution in [3.63, 3.8) is 0 Å². The largest absolute Gasteiger partial charge is 0.119 e. The van der Waals surface area contributed by atoms with Gasteiger partial charge in [0.05, 0.1) is 17.7 Å². The molecule has 0 aliphatic heterocycles. The zero-order valence-electron chi connectivity index (χ0n) is 11.2. The van der Waals surface area contributed by atoms with Crippen molar-refractivity contribution in [3.8, 4) is 0 Å². The molecule has 0 N–H and O–H groups in total. The number of hydrogen-bond donors (Lipinski definition) is 0. The normalized spacial score (nSPS) is 18.5. The fraction of sp³-hybridized carbons (Fsp3) is 0.625. The average Bonchev–Trinajstić information content (AvgIpc) is 2.30. The maximum Gasteiger partial charge on any atom is 0.119 e. The van der Waals surface area contributed by atoms with Crippen LogP contribution in [0.15, 0.2) is 29.4 Å². The van der Waals surface area contributed by atoms with Crippen molar-refractivity contribution in [2.75, 3.05) is 0 Å². The van der Waals surface area contributed by atoms with Gasteiger partial charge in [-0.25, -0.2) is 0 Å². The van der Waals surface area contributed by atoms with Gasteiger partial charge in [-0.2, -0.15) is 0 Å². The molecule has 0 radical (unpaired) electrons. The Kier molecular flexibility index (Phi) is 5.49. The van der Waals surface area contributed by atoms with E-state index in [1.165, 1.54) is 36.8 Å². The molecule has 0 aromatic carbocycles. The molecule has 16 heavy (non-hydrogen) atoms. The molecule has 0 amide bonds. The fourth-order valence-electron chi connectivity index (χ4n) is 2.28. The first-order valence-electron chi connectivity index (χ1n) is 6.70. The third kappa shape index (κ3) is 3.61. The summed E-state index contributed by atoms with van der Waals surface area (Å²) in [6.45, 7) is 9.14. The predicted molar refractivity (Wildman–Crippen MR) is 72.1 cm³/mol. The smallest absolute Gasteiger partial charge is 0.0654 e. The summed E-state index contributed by atoms with van der Waals surface area (Å²) in [7, 11) is 0. The summed E-state index contributed by atoms with van der Waals surface area (Å²) in [6, 6.07) is 0. The molecule has 0 nitrogen and oxygen atoms in total. The van der Waals surface area contributed by atoms with E-state index in [0.717, 1.165) is 0 Å². The molecular formula is C16H25+. The van der Waals surface area contributed by atoms with Crippen molar-refractivity contribution >= 4 is 0 Å². The van der Waals surface area contributed by atoms with E-state index < -0.39 is 0 Å². The maximum atomic E-state index is 3.39. The molecule has 0 heterocycles. The minimum absolute atomic E-state index is 0.652. The molecule has 0 aromatic rings. The van der Waals surface area contributed by atoms with Gasteiger partial charge in [0.15, 0.2) is 0 Å². The standard InChI is InChI=1S/C16H25/c1-5-8-13(3)15-10-7-11-16(12-15)14(4)9-6-2/h7,10,12-14H,5-6,8-9H2,1-4H3/q+1. The molecule has 0 saturated heterocycles. The highest BCUT2D eigenvalue weighted by molar-refractivity contribution is 5.38. The van der Waals surface area contributed by atoms with Crippen LogP contribution >= 0.6 is 0 Å². The Morgan fingerprint density at radius 3 is 2.31 bits per heavy atom. The lowest BCUT2D eigenvalue weighted by atomic mass is 9.87. The Bertz CT molecular complexity index is 278. The van der Waals surface area contributed by atoms with Crippen molar-refractivity contribution in [3.05, 3.63) is 35.5 Å². The van der Waals surface area contributed by atoms with Gasteiger partial charge in [-0.1, -0.05) is 40.5 Å². The first kappa shape index (κ1) is 13.2. The molecule has 0 spiro atoms. The summed E-state index contributed by atoms with van der Waals surface area (Å²) in [6.07, 6.45) is 15.1. The summed E-state index contributed by atoms with van der Waals surface area (Å²) < 4.78 is 0. The molecule has 0 bridgehead atoms. The van der Waals surface area contributed by atoms with Gasteiger partial charge in [0, 0.05) is 17.9 Å². The fourth-order valence-corrected chi connectivity index (χ4v) is 2.28. The molecule has 1 rings (SSSR count). The van der Waals surface area contributed by atoms with Crippen molar-refractivity contribution in [1.29, 1.82) is 0 Å². The molecular weight excluding hydrogens is 192 g/mol. The van der Waals surface area contributed by atoms with Crippen LogP contribution in [0.2, 0.25) is 0 Å². The van der Waals surface area contributed by atoms with Crippen LogP contribution in [-0.4, -0.2) is 0 Å². The summed E-state index contributed by atoms with van der Waals surface area (Å²) in [5.41, 5.74) is 2.88. The number of allylic oxidation sites excluding steroid dienone is 6. The third-order valence-electron chi connectivity index (χ3n) is 3.39. The van der Waals surface area contributed by atoms with E-state index in [0.29, 0.717) is 11.8 Å². The van der Waals surface area contributed by atoms with E-state index in [-0.39, 0.29) is 0 Å². The van der Waals surface area contributed by atoms with Gasteiger partial charge >= 0.3 is 0 Å². The molecule has 1 aliphatic carbocycles. The lowest BCUT2D eigenvalue weighted by molar-refractivity contribution is 0.594. The van der Waals surface area contributed by atoms with E-state index in [1.807, 2.05) is 0 Å². The van der Waals surface area contributed by atoms with E-state index in [4.69, 9.17) is 0 Å². The summed E-state index contributed by atoms with van der Waals surface area (Å²) in [5, 5.41) is 0. The molecule has 0 heteroatoms. The number of hydrogen-bond acceptors (Lipinski definition) is 0. The van der Waals surface area contributed by atoms with Gasteiger partial charge in [-0.15, -0.1) is 0 Å². The van der Waals surface area contributed by atoms with Crippen LogP contribution in [0.5, 0.6) is 0 Å². The first-order chi connectivity index (χ1) is 7.69. The predicted octanol–water partition coefficient (Wildman–Crippen LogP) is 5.08. The van der Waals surface area contributed by atoms with E-state index in [2.05, 4.69) is 52.0 Å². The second-order valence-corrected chi connectivity index (χ2v) is 4.96. The van der Waals surface area contributed by atoms with Crippen molar-refractivity contribution in [2.24, 2.45) is 11.8 Å². The van der Waals surface area contributed by atoms with Gasteiger partial charge in [-0.3, -0.25) is 0 Å². The molecule has 0 fully saturated rings. The molecule has 2 atom stereocenters. The van der Waals surface area contributed by atoms with Crippen LogP contribution in [0.3, 0.4) is 0 Å². The van der Waals surface area contributed by atoms with Crippen molar-refractivity contribution in [1.82, 2.24) is 0 Å². The summed E-state index contributed by atoms with van der Waals surface area (Å²) >= 11 is 0. The summed E-state index contributed by atoms with van der Waals surface area (Å²) in [4.78, 5) is 0. The van der Waals surface area contributed by atoms with Gasteiger partial charge in [-0.05, 0) is 12.8 Å². The highest BCUT2D eigenvalue weighted by Gasteiger charge is 2.19. The van der Waals surface area contributed by atoms with E-state index in [1.54, 1.807) is 0 Å². The Balaban J connectivity index is 2.69. The van der Waals surface area contributed by atoms with Gasteiger partial charge in [0.25, 0.3) is 0 Å². The minimum atomic E-state index is 0.652. The lowest BCUT2D eigenvalue weighted by Crippen LogP contribution is -2.04. The van der Waals surface area contributed by atoms with Crippen LogP contribution in [0.25, 0.3) is 0 Å². The van der Waals surface area contributed by atoms with Gasteiger partial charge in [0.1, 0.15) is 11.6 Å². The van der Waals surface area contributed by atoms with E-state index >= 15 is 0 Å². The Morgan fingerprint density at radius 1 is 1.06 bits per heavy atom. The molecule has 0 aromatic heterocycles. The number of rotatable bonds is 6. The Hall–Kier alpha value is -0.870. The van der Waals surface area contributed by atoms with Crippen LogP contribution in [-0.2, 0) is 0 Å². The quantitative estimate of drug-likeness (QED) is 0.544. The van der Waals surface area contributed by atoms with Crippen LogP contribution in [0.1, 0.15) is 53.4 Å². The highest BCUT2D eigenvalue weighted by Crippen LogP contribution is 2.27. The second-order valence-electron chi connectivity index (χ2n) is 4.96. The first-order valence-corrected chi connectivity index (χ1v) is 6.70. The van der Waals surface area contributed by atoms with Gasteiger partial charge in [0.2, 0.25) is 0 Å².